The van der Waals surface area contributed by atoms with E-state index in [1.165, 1.54) is 0 Å². The zero-order valence-electron chi connectivity index (χ0n) is 12.2. The van der Waals surface area contributed by atoms with Gasteiger partial charge in [-0.2, -0.15) is 0 Å². The van der Waals surface area contributed by atoms with Crippen LogP contribution in [-0.4, -0.2) is 41.0 Å². The van der Waals surface area contributed by atoms with Crippen LogP contribution in [0.3, 0.4) is 0 Å². The number of carboxylic acids is 1. The summed E-state index contributed by atoms with van der Waals surface area (Å²) in [5.74, 6) is -1.09. The zero-order valence-corrected chi connectivity index (χ0v) is 12.2. The molecule has 0 spiro atoms. The Kier molecular flexibility index (Phi) is 5.05. The number of nitrogens with one attached hydrogen (secondary N) is 1. The molecule has 0 aliphatic rings. The number of benzene rings is 1. The molecule has 0 saturated carbocycles. The average molecular weight is 289 g/mol. The van der Waals surface area contributed by atoms with Crippen molar-refractivity contribution in [2.24, 2.45) is 0 Å². The monoisotopic (exact) mass is 289 g/mol. The summed E-state index contributed by atoms with van der Waals surface area (Å²) in [7, 11) is 1.63. The molecule has 0 bridgehead atoms. The number of anilines is 1. The quantitative estimate of drug-likeness (QED) is 0.815. The number of carboxylic acid groups (broad SMARTS) is 1. The number of ether oxygens (including phenoxy) is 1. The Morgan fingerprint density at radius 3 is 2.81 bits per heavy atom. The molecule has 0 aliphatic carbocycles. The Hall–Kier alpha value is -2.21. The maximum atomic E-state index is 11.4. The van der Waals surface area contributed by atoms with Crippen LogP contribution in [0, 0.1) is 0 Å². The van der Waals surface area contributed by atoms with E-state index in [0.29, 0.717) is 17.8 Å². The van der Waals surface area contributed by atoms with Crippen molar-refractivity contribution in [2.45, 2.75) is 25.8 Å². The maximum absolute atomic E-state index is 11.4. The molecule has 1 unspecified atom stereocenters. The number of nitrogens with zero attached hydrogens (tertiary/aromatic N) is 2. The number of aromatic nitrogens is 2. The number of rotatable bonds is 7. The molecule has 1 aromatic heterocycles. The third-order valence-electron chi connectivity index (χ3n) is 3.22. The zero-order chi connectivity index (χ0) is 15.2. The number of hydrogen-bond donors (Lipinski definition) is 2. The van der Waals surface area contributed by atoms with Gasteiger partial charge in [0, 0.05) is 18.5 Å². The van der Waals surface area contributed by atoms with Gasteiger partial charge in [-0.25, -0.2) is 4.79 Å². The molecule has 0 amide bonds. The van der Waals surface area contributed by atoms with Gasteiger partial charge >= 0.3 is 5.97 Å². The molecule has 1 aromatic carbocycles. The van der Waals surface area contributed by atoms with E-state index in [-0.39, 0.29) is 11.7 Å². The Morgan fingerprint density at radius 2 is 2.14 bits per heavy atom. The summed E-state index contributed by atoms with van der Waals surface area (Å²) < 4.78 is 5.20. The molecule has 1 atom stereocenters. The van der Waals surface area contributed by atoms with Crippen LogP contribution in [0.5, 0.6) is 0 Å². The third kappa shape index (κ3) is 3.46. The van der Waals surface area contributed by atoms with E-state index >= 15 is 0 Å². The molecule has 21 heavy (non-hydrogen) atoms. The first-order chi connectivity index (χ1) is 10.2. The minimum Gasteiger partial charge on any atom is -0.476 e. The van der Waals surface area contributed by atoms with Crippen molar-refractivity contribution in [3.63, 3.8) is 0 Å². The van der Waals surface area contributed by atoms with Gasteiger partial charge in [0.25, 0.3) is 0 Å². The first-order valence-corrected chi connectivity index (χ1v) is 6.91. The Morgan fingerprint density at radius 1 is 1.38 bits per heavy atom. The van der Waals surface area contributed by atoms with Crippen molar-refractivity contribution in [3.8, 4) is 0 Å². The minimum atomic E-state index is -1.09. The molecule has 0 radical (unpaired) electrons. The summed E-state index contributed by atoms with van der Waals surface area (Å²) in [6.07, 6.45) is 1.85. The largest absolute Gasteiger partial charge is 0.476 e. The molecule has 6 nitrogen and oxygen atoms in total. The lowest BCUT2D eigenvalue weighted by Crippen LogP contribution is -2.26. The van der Waals surface area contributed by atoms with Crippen LogP contribution in [-0.2, 0) is 4.74 Å². The van der Waals surface area contributed by atoms with E-state index in [1.54, 1.807) is 7.11 Å². The molecule has 2 rings (SSSR count). The SMILES string of the molecule is CCCC(COC)Nc1c(C(=O)O)nnc2ccccc12. The molecule has 0 saturated heterocycles. The molecule has 112 valence electrons. The lowest BCUT2D eigenvalue weighted by molar-refractivity contribution is 0.0690. The van der Waals surface area contributed by atoms with Crippen LogP contribution in [0.4, 0.5) is 5.69 Å². The molecule has 6 heteroatoms. The normalized spacial score (nSPS) is 12.3. The van der Waals surface area contributed by atoms with Crippen LogP contribution in [0.1, 0.15) is 30.3 Å². The van der Waals surface area contributed by atoms with E-state index < -0.39 is 5.97 Å². The Balaban J connectivity index is 2.47. The highest BCUT2D eigenvalue weighted by Crippen LogP contribution is 2.25. The molecule has 2 aromatic rings. The maximum Gasteiger partial charge on any atom is 0.358 e. The fourth-order valence-electron chi connectivity index (χ4n) is 2.30. The number of carbonyl (C=O) groups is 1. The highest BCUT2D eigenvalue weighted by molar-refractivity contribution is 6.02. The average Bonchev–Trinajstić information content (AvgIpc) is 2.47. The summed E-state index contributed by atoms with van der Waals surface area (Å²) in [5.41, 5.74) is 1.10. The topological polar surface area (TPSA) is 84.3 Å². The molecule has 1 heterocycles. The predicted octanol–water partition coefficient (Wildman–Crippen LogP) is 2.56. The van der Waals surface area contributed by atoms with Crippen molar-refractivity contribution in [1.29, 1.82) is 0 Å². The smallest absolute Gasteiger partial charge is 0.358 e. The minimum absolute atomic E-state index is 0.0331. The van der Waals surface area contributed by atoms with Crippen molar-refractivity contribution in [3.05, 3.63) is 30.0 Å². The number of aromatic carboxylic acids is 1. The van der Waals surface area contributed by atoms with E-state index in [1.807, 2.05) is 24.3 Å². The summed E-state index contributed by atoms with van der Waals surface area (Å²) in [6, 6.07) is 7.39. The van der Waals surface area contributed by atoms with Gasteiger partial charge in [0.2, 0.25) is 0 Å². The van der Waals surface area contributed by atoms with Crippen LogP contribution < -0.4 is 5.32 Å². The van der Waals surface area contributed by atoms with E-state index in [9.17, 15) is 9.90 Å². The van der Waals surface area contributed by atoms with E-state index in [4.69, 9.17) is 4.74 Å². The van der Waals surface area contributed by atoms with Crippen LogP contribution in [0.15, 0.2) is 24.3 Å². The van der Waals surface area contributed by atoms with Gasteiger partial charge in [-0.3, -0.25) is 0 Å². The van der Waals surface area contributed by atoms with Gasteiger partial charge in [0.1, 0.15) is 0 Å². The van der Waals surface area contributed by atoms with Crippen molar-refractivity contribution < 1.29 is 14.6 Å². The highest BCUT2D eigenvalue weighted by atomic mass is 16.5. The number of fused-ring (bicyclic) bond motifs is 1. The molecular weight excluding hydrogens is 270 g/mol. The van der Waals surface area contributed by atoms with Gasteiger partial charge in [-0.15, -0.1) is 10.2 Å². The van der Waals surface area contributed by atoms with Gasteiger partial charge in [0.05, 0.1) is 17.8 Å². The van der Waals surface area contributed by atoms with Crippen LogP contribution >= 0.6 is 0 Å². The number of hydrogen-bond acceptors (Lipinski definition) is 5. The second kappa shape index (κ2) is 6.99. The highest BCUT2D eigenvalue weighted by Gasteiger charge is 2.19. The summed E-state index contributed by atoms with van der Waals surface area (Å²) in [5, 5.41) is 21.1. The van der Waals surface area contributed by atoms with Gasteiger partial charge in [0.15, 0.2) is 5.69 Å². The second-order valence-electron chi connectivity index (χ2n) is 4.83. The van der Waals surface area contributed by atoms with Gasteiger partial charge in [-0.1, -0.05) is 31.5 Å². The Labute approximate surface area is 123 Å². The van der Waals surface area contributed by atoms with Crippen LogP contribution in [0.25, 0.3) is 10.9 Å². The van der Waals surface area contributed by atoms with Gasteiger partial charge < -0.3 is 15.2 Å². The van der Waals surface area contributed by atoms with Crippen molar-refractivity contribution in [1.82, 2.24) is 10.2 Å². The summed E-state index contributed by atoms with van der Waals surface area (Å²) >= 11 is 0. The molecular formula is C15H19N3O3. The predicted molar refractivity (Wildman–Crippen MR) is 80.7 cm³/mol. The third-order valence-corrected chi connectivity index (χ3v) is 3.22. The standard InChI is InChI=1S/C15H19N3O3/c1-3-6-10(9-21-2)16-13-11-7-4-5-8-12(11)17-18-14(13)15(19)20/h4-5,7-8,10H,3,6,9H2,1-2H3,(H,16,17)(H,19,20). The lowest BCUT2D eigenvalue weighted by atomic mass is 10.1. The first kappa shape index (κ1) is 15.2. The molecule has 2 N–H and O–H groups in total. The van der Waals surface area contributed by atoms with E-state index in [2.05, 4.69) is 22.4 Å². The summed E-state index contributed by atoms with van der Waals surface area (Å²) in [6.45, 7) is 2.58. The van der Waals surface area contributed by atoms with Crippen molar-refractivity contribution in [2.75, 3.05) is 19.0 Å². The first-order valence-electron chi connectivity index (χ1n) is 6.91. The fourth-order valence-corrected chi connectivity index (χ4v) is 2.30. The summed E-state index contributed by atoms with van der Waals surface area (Å²) in [4.78, 5) is 11.4. The molecule has 0 aliphatic heterocycles. The molecule has 0 fully saturated rings. The second-order valence-corrected chi connectivity index (χ2v) is 4.83. The fraction of sp³-hybridized carbons (Fsp3) is 0.400. The van der Waals surface area contributed by atoms with Crippen molar-refractivity contribution >= 4 is 22.6 Å². The number of methoxy groups -OCH3 is 1. The Bertz CT molecular complexity index is 625. The van der Waals surface area contributed by atoms with Crippen LogP contribution in [0.2, 0.25) is 0 Å². The lowest BCUT2D eigenvalue weighted by Gasteiger charge is -2.20. The van der Waals surface area contributed by atoms with Gasteiger partial charge in [-0.05, 0) is 12.5 Å². The van der Waals surface area contributed by atoms with E-state index in [0.717, 1.165) is 18.2 Å².